The molecule has 0 radical (unpaired) electrons. The second-order valence-corrected chi connectivity index (χ2v) is 7.21. The number of aromatic amines is 1. The Balaban J connectivity index is 0.00000261. The average molecular weight is 503 g/mol. The van der Waals surface area contributed by atoms with Crippen LogP contribution in [-0.2, 0) is 6.54 Å². The number of guanidine groups is 1. The number of nitrogens with one attached hydrogen (secondary N) is 3. The number of aromatic nitrogens is 2. The summed E-state index contributed by atoms with van der Waals surface area (Å²) in [6.45, 7) is 2.65. The van der Waals surface area contributed by atoms with Gasteiger partial charge in [-0.15, -0.1) is 24.0 Å². The van der Waals surface area contributed by atoms with Gasteiger partial charge in [0.2, 0.25) is 0 Å². The molecule has 3 rings (SSSR count). The van der Waals surface area contributed by atoms with Crippen molar-refractivity contribution in [2.45, 2.75) is 25.4 Å². The first-order valence-corrected chi connectivity index (χ1v) is 9.43. The van der Waals surface area contributed by atoms with Gasteiger partial charge in [0.15, 0.2) is 5.96 Å². The number of rotatable bonds is 5. The van der Waals surface area contributed by atoms with Gasteiger partial charge >= 0.3 is 0 Å². The highest BCUT2D eigenvalue weighted by Gasteiger charge is 2.30. The SMILES string of the molecule is CN=C(NCc1ccn[nH]1)NCC1CCCN(C)C1c1cccc(Cl)c1.I. The maximum atomic E-state index is 6.23. The van der Waals surface area contributed by atoms with E-state index in [9.17, 15) is 0 Å². The standard InChI is InChI=1S/C19H27ClN6.HI/c1-21-19(23-13-17-8-9-24-25-17)22-12-15-6-4-10-26(2)18(15)14-5-3-7-16(20)11-14;/h3,5,7-9,11,15,18H,4,6,10,12-13H2,1-2H3,(H,24,25)(H2,21,22,23);1H. The highest BCUT2D eigenvalue weighted by atomic mass is 127. The highest BCUT2D eigenvalue weighted by Crippen LogP contribution is 2.35. The molecule has 2 aromatic rings. The lowest BCUT2D eigenvalue weighted by Crippen LogP contribution is -2.44. The molecule has 8 heteroatoms. The number of aliphatic imine (C=N–C) groups is 1. The van der Waals surface area contributed by atoms with Crippen LogP contribution in [0.5, 0.6) is 0 Å². The topological polar surface area (TPSA) is 68.3 Å². The molecule has 1 saturated heterocycles. The molecule has 2 heterocycles. The Morgan fingerprint density at radius 2 is 2.22 bits per heavy atom. The number of piperidine rings is 1. The number of hydrogen-bond acceptors (Lipinski definition) is 3. The van der Waals surface area contributed by atoms with E-state index in [0.717, 1.165) is 29.8 Å². The Kier molecular flexibility index (Phi) is 8.85. The molecule has 6 nitrogen and oxygen atoms in total. The smallest absolute Gasteiger partial charge is 0.191 e. The summed E-state index contributed by atoms with van der Waals surface area (Å²) in [6.07, 6.45) is 4.15. The van der Waals surface area contributed by atoms with Gasteiger partial charge in [-0.2, -0.15) is 5.10 Å². The Labute approximate surface area is 183 Å². The molecule has 0 bridgehead atoms. The Morgan fingerprint density at radius 1 is 1.37 bits per heavy atom. The van der Waals surface area contributed by atoms with E-state index in [1.807, 2.05) is 18.2 Å². The summed E-state index contributed by atoms with van der Waals surface area (Å²) in [5, 5.41) is 14.5. The molecule has 1 aliphatic rings. The fraction of sp³-hybridized carbons (Fsp3) is 0.474. The van der Waals surface area contributed by atoms with Crippen LogP contribution in [0.15, 0.2) is 41.5 Å². The van der Waals surface area contributed by atoms with Gasteiger partial charge in [-0.3, -0.25) is 15.0 Å². The van der Waals surface area contributed by atoms with Gasteiger partial charge in [-0.05, 0) is 56.1 Å². The molecule has 0 aliphatic carbocycles. The van der Waals surface area contributed by atoms with Crippen molar-refractivity contribution < 1.29 is 0 Å². The minimum absolute atomic E-state index is 0. The lowest BCUT2D eigenvalue weighted by Gasteiger charge is -2.40. The zero-order valence-electron chi connectivity index (χ0n) is 15.8. The van der Waals surface area contributed by atoms with Crippen LogP contribution in [0.1, 0.15) is 30.1 Å². The predicted octanol–water partition coefficient (Wildman–Crippen LogP) is 3.43. The van der Waals surface area contributed by atoms with E-state index in [4.69, 9.17) is 11.6 Å². The molecule has 0 spiro atoms. The normalized spacial score (nSPS) is 20.8. The monoisotopic (exact) mass is 502 g/mol. The number of nitrogens with zero attached hydrogens (tertiary/aromatic N) is 3. The average Bonchev–Trinajstić information content (AvgIpc) is 3.15. The summed E-state index contributed by atoms with van der Waals surface area (Å²) in [6, 6.07) is 10.5. The lowest BCUT2D eigenvalue weighted by atomic mass is 9.85. The first-order chi connectivity index (χ1) is 12.7. The van der Waals surface area contributed by atoms with E-state index >= 15 is 0 Å². The summed E-state index contributed by atoms with van der Waals surface area (Å²) < 4.78 is 0. The largest absolute Gasteiger partial charge is 0.356 e. The van der Waals surface area contributed by atoms with E-state index < -0.39 is 0 Å². The van der Waals surface area contributed by atoms with Gasteiger partial charge in [-0.25, -0.2) is 0 Å². The number of benzene rings is 1. The number of halogens is 2. The third-order valence-electron chi connectivity index (χ3n) is 4.96. The van der Waals surface area contributed by atoms with Crippen molar-refractivity contribution in [3.63, 3.8) is 0 Å². The first kappa shape index (κ1) is 22.0. The van der Waals surface area contributed by atoms with Gasteiger partial charge < -0.3 is 10.6 Å². The van der Waals surface area contributed by atoms with Gasteiger partial charge in [-0.1, -0.05) is 23.7 Å². The van der Waals surface area contributed by atoms with Crippen molar-refractivity contribution in [3.05, 3.63) is 52.8 Å². The molecule has 0 saturated carbocycles. The van der Waals surface area contributed by atoms with Gasteiger partial charge in [0.05, 0.1) is 12.2 Å². The fourth-order valence-corrected chi connectivity index (χ4v) is 3.90. The van der Waals surface area contributed by atoms with Crippen molar-refractivity contribution in [1.29, 1.82) is 0 Å². The molecule has 1 aromatic carbocycles. The fourth-order valence-electron chi connectivity index (χ4n) is 3.70. The highest BCUT2D eigenvalue weighted by molar-refractivity contribution is 14.0. The van der Waals surface area contributed by atoms with Crippen molar-refractivity contribution in [2.24, 2.45) is 10.9 Å². The van der Waals surface area contributed by atoms with Crippen LogP contribution in [0, 0.1) is 5.92 Å². The molecule has 0 amide bonds. The van der Waals surface area contributed by atoms with Crippen molar-refractivity contribution in [3.8, 4) is 0 Å². The molecule has 148 valence electrons. The van der Waals surface area contributed by atoms with Crippen LogP contribution in [-0.4, -0.2) is 48.2 Å². The molecule has 3 N–H and O–H groups in total. The third kappa shape index (κ3) is 6.08. The number of H-pyrrole nitrogens is 1. The summed E-state index contributed by atoms with van der Waals surface area (Å²) in [7, 11) is 3.99. The molecule has 1 aliphatic heterocycles. The van der Waals surface area contributed by atoms with E-state index in [0.29, 0.717) is 18.5 Å². The van der Waals surface area contributed by atoms with E-state index in [1.54, 1.807) is 13.2 Å². The molecular weight excluding hydrogens is 475 g/mol. The van der Waals surface area contributed by atoms with Crippen molar-refractivity contribution in [1.82, 2.24) is 25.7 Å². The van der Waals surface area contributed by atoms with E-state index in [-0.39, 0.29) is 24.0 Å². The molecule has 27 heavy (non-hydrogen) atoms. The number of likely N-dealkylation sites (tertiary alicyclic amines) is 1. The third-order valence-corrected chi connectivity index (χ3v) is 5.19. The predicted molar refractivity (Wildman–Crippen MR) is 122 cm³/mol. The number of hydrogen-bond donors (Lipinski definition) is 3. The second kappa shape index (κ2) is 10.9. The van der Waals surface area contributed by atoms with Crippen molar-refractivity contribution >= 4 is 41.5 Å². The minimum atomic E-state index is 0. The molecule has 1 fully saturated rings. The zero-order chi connectivity index (χ0) is 18.4. The van der Waals surface area contributed by atoms with Crippen LogP contribution < -0.4 is 10.6 Å². The van der Waals surface area contributed by atoms with Crippen LogP contribution >= 0.6 is 35.6 Å². The van der Waals surface area contributed by atoms with E-state index in [1.165, 1.54) is 18.4 Å². The summed E-state index contributed by atoms with van der Waals surface area (Å²) >= 11 is 6.23. The summed E-state index contributed by atoms with van der Waals surface area (Å²) in [5.41, 5.74) is 2.31. The Morgan fingerprint density at radius 3 is 2.93 bits per heavy atom. The lowest BCUT2D eigenvalue weighted by molar-refractivity contribution is 0.122. The summed E-state index contributed by atoms with van der Waals surface area (Å²) in [5.74, 6) is 1.30. The first-order valence-electron chi connectivity index (χ1n) is 9.06. The molecule has 1 aromatic heterocycles. The van der Waals surface area contributed by atoms with E-state index in [2.05, 4.69) is 49.9 Å². The Hall–Kier alpha value is -1.32. The minimum Gasteiger partial charge on any atom is -0.356 e. The van der Waals surface area contributed by atoms with Crippen LogP contribution in [0.25, 0.3) is 0 Å². The van der Waals surface area contributed by atoms with Crippen LogP contribution in [0.3, 0.4) is 0 Å². The maximum Gasteiger partial charge on any atom is 0.191 e. The van der Waals surface area contributed by atoms with Gasteiger partial charge in [0.25, 0.3) is 0 Å². The Bertz CT molecular complexity index is 721. The van der Waals surface area contributed by atoms with Gasteiger partial charge in [0.1, 0.15) is 0 Å². The van der Waals surface area contributed by atoms with Crippen molar-refractivity contribution in [2.75, 3.05) is 27.2 Å². The second-order valence-electron chi connectivity index (χ2n) is 6.77. The molecular formula is C19H28ClIN6. The molecule has 2 unspecified atom stereocenters. The van der Waals surface area contributed by atoms with Crippen LogP contribution in [0.4, 0.5) is 0 Å². The maximum absolute atomic E-state index is 6.23. The zero-order valence-corrected chi connectivity index (χ0v) is 18.9. The molecule has 2 atom stereocenters. The summed E-state index contributed by atoms with van der Waals surface area (Å²) in [4.78, 5) is 6.76. The quantitative estimate of drug-likeness (QED) is 0.333. The van der Waals surface area contributed by atoms with Gasteiger partial charge in [0, 0.05) is 30.9 Å². The van der Waals surface area contributed by atoms with Crippen LogP contribution in [0.2, 0.25) is 5.02 Å².